The van der Waals surface area contributed by atoms with Gasteiger partial charge in [0.05, 0.1) is 22.2 Å². The molecular formula is C13H20BrN5. The molecule has 2 rings (SSSR count). The molecule has 2 aromatic heterocycles. The highest BCUT2D eigenvalue weighted by Crippen LogP contribution is 2.19. The molecular weight excluding hydrogens is 306 g/mol. The van der Waals surface area contributed by atoms with Crippen molar-refractivity contribution in [3.05, 3.63) is 34.6 Å². The van der Waals surface area contributed by atoms with E-state index in [1.807, 2.05) is 37.4 Å². The third-order valence-corrected chi connectivity index (χ3v) is 4.16. The van der Waals surface area contributed by atoms with Crippen LogP contribution in [0.15, 0.2) is 23.2 Å². The molecule has 0 fully saturated rings. The van der Waals surface area contributed by atoms with Gasteiger partial charge in [-0.3, -0.25) is 4.68 Å². The van der Waals surface area contributed by atoms with Crippen molar-refractivity contribution in [3.63, 3.8) is 0 Å². The van der Waals surface area contributed by atoms with Gasteiger partial charge in [0.15, 0.2) is 0 Å². The van der Waals surface area contributed by atoms with Crippen molar-refractivity contribution < 1.29 is 0 Å². The smallest absolute Gasteiger partial charge is 0.0945 e. The summed E-state index contributed by atoms with van der Waals surface area (Å²) in [6.45, 7) is 4.92. The predicted molar refractivity (Wildman–Crippen MR) is 78.8 cm³/mol. The number of aromatic nitrogens is 4. The van der Waals surface area contributed by atoms with E-state index < -0.39 is 0 Å². The van der Waals surface area contributed by atoms with Gasteiger partial charge >= 0.3 is 0 Å². The standard InChI is InChI=1S/C13H20BrN5/c1-11-13(14)12(18(2)17-11)9-15-5-3-4-7-19-8-6-16-10-19/h6,8,10,15H,3-5,7,9H2,1-2H3. The first-order valence-corrected chi connectivity index (χ1v) is 7.32. The van der Waals surface area contributed by atoms with Gasteiger partial charge in [0.25, 0.3) is 0 Å². The lowest BCUT2D eigenvalue weighted by molar-refractivity contribution is 0.555. The Morgan fingerprint density at radius 2 is 2.21 bits per heavy atom. The Labute approximate surface area is 122 Å². The third kappa shape index (κ3) is 3.91. The van der Waals surface area contributed by atoms with Crippen LogP contribution in [0, 0.1) is 6.92 Å². The first kappa shape index (κ1) is 14.3. The van der Waals surface area contributed by atoms with Crippen molar-refractivity contribution in [1.29, 1.82) is 0 Å². The lowest BCUT2D eigenvalue weighted by Gasteiger charge is -2.06. The maximum Gasteiger partial charge on any atom is 0.0945 e. The Kier molecular flexibility index (Phi) is 5.15. The van der Waals surface area contributed by atoms with Crippen LogP contribution in [0.4, 0.5) is 0 Å². The van der Waals surface area contributed by atoms with Crippen molar-refractivity contribution in [1.82, 2.24) is 24.6 Å². The monoisotopic (exact) mass is 325 g/mol. The fourth-order valence-corrected chi connectivity index (χ4v) is 2.52. The molecule has 0 saturated carbocycles. The topological polar surface area (TPSA) is 47.7 Å². The van der Waals surface area contributed by atoms with Gasteiger partial charge in [-0.2, -0.15) is 5.10 Å². The molecule has 0 unspecified atom stereocenters. The van der Waals surface area contributed by atoms with E-state index >= 15 is 0 Å². The first-order chi connectivity index (χ1) is 9.18. The Balaban J connectivity index is 1.64. The summed E-state index contributed by atoms with van der Waals surface area (Å²) in [4.78, 5) is 4.03. The van der Waals surface area contributed by atoms with Crippen molar-refractivity contribution >= 4 is 15.9 Å². The Morgan fingerprint density at radius 3 is 2.84 bits per heavy atom. The summed E-state index contributed by atoms with van der Waals surface area (Å²) in [5.74, 6) is 0. The first-order valence-electron chi connectivity index (χ1n) is 6.53. The van der Waals surface area contributed by atoms with Gasteiger partial charge < -0.3 is 9.88 Å². The normalized spacial score (nSPS) is 11.1. The van der Waals surface area contributed by atoms with Crippen LogP contribution >= 0.6 is 15.9 Å². The van der Waals surface area contributed by atoms with Crippen molar-refractivity contribution in [3.8, 4) is 0 Å². The van der Waals surface area contributed by atoms with Crippen LogP contribution in [-0.2, 0) is 20.1 Å². The summed E-state index contributed by atoms with van der Waals surface area (Å²) in [7, 11) is 1.98. The largest absolute Gasteiger partial charge is 0.337 e. The fourth-order valence-electron chi connectivity index (χ4n) is 2.04. The molecule has 2 heterocycles. The molecule has 0 saturated heterocycles. The maximum absolute atomic E-state index is 4.38. The van der Waals surface area contributed by atoms with E-state index in [2.05, 4.69) is 35.9 Å². The molecule has 0 spiro atoms. The number of hydrogen-bond donors (Lipinski definition) is 1. The second kappa shape index (κ2) is 6.86. The van der Waals surface area contributed by atoms with E-state index in [-0.39, 0.29) is 0 Å². The summed E-state index contributed by atoms with van der Waals surface area (Å²) in [5, 5.41) is 7.84. The molecule has 6 heteroatoms. The number of hydrogen-bond acceptors (Lipinski definition) is 3. The molecule has 0 atom stereocenters. The maximum atomic E-state index is 4.38. The average Bonchev–Trinajstić information content (AvgIpc) is 2.97. The Bertz CT molecular complexity index is 503. The Hall–Kier alpha value is -1.14. The summed E-state index contributed by atoms with van der Waals surface area (Å²) < 4.78 is 5.15. The summed E-state index contributed by atoms with van der Waals surface area (Å²) in [6, 6.07) is 0. The lowest BCUT2D eigenvalue weighted by atomic mass is 10.3. The molecule has 0 bridgehead atoms. The van der Waals surface area contributed by atoms with Crippen LogP contribution in [0.5, 0.6) is 0 Å². The van der Waals surface area contributed by atoms with Crippen LogP contribution in [-0.4, -0.2) is 25.9 Å². The van der Waals surface area contributed by atoms with Crippen LogP contribution in [0.3, 0.4) is 0 Å². The van der Waals surface area contributed by atoms with Crippen LogP contribution in [0.1, 0.15) is 24.2 Å². The van der Waals surface area contributed by atoms with Gasteiger partial charge in [-0.25, -0.2) is 4.98 Å². The number of unbranched alkanes of at least 4 members (excludes halogenated alkanes) is 1. The van der Waals surface area contributed by atoms with E-state index in [0.717, 1.165) is 42.6 Å². The molecule has 0 radical (unpaired) electrons. The zero-order valence-corrected chi connectivity index (χ0v) is 13.0. The minimum atomic E-state index is 0.850. The van der Waals surface area contributed by atoms with E-state index in [1.54, 1.807) is 0 Å². The van der Waals surface area contributed by atoms with Crippen LogP contribution in [0.25, 0.3) is 0 Å². The molecule has 0 aliphatic carbocycles. The highest BCUT2D eigenvalue weighted by atomic mass is 79.9. The minimum Gasteiger partial charge on any atom is -0.337 e. The number of imidazole rings is 1. The number of halogens is 1. The second-order valence-electron chi connectivity index (χ2n) is 4.65. The second-order valence-corrected chi connectivity index (χ2v) is 5.45. The van der Waals surface area contributed by atoms with Crippen LogP contribution in [0.2, 0.25) is 0 Å². The molecule has 0 aliphatic heterocycles. The van der Waals surface area contributed by atoms with Gasteiger partial charge in [-0.05, 0) is 42.2 Å². The number of nitrogens with zero attached hydrogens (tertiary/aromatic N) is 4. The zero-order valence-electron chi connectivity index (χ0n) is 11.4. The number of rotatable bonds is 7. The summed E-state index contributed by atoms with van der Waals surface area (Å²) in [6.07, 6.45) is 8.01. The van der Waals surface area contributed by atoms with Gasteiger partial charge in [-0.15, -0.1) is 0 Å². The zero-order chi connectivity index (χ0) is 13.7. The molecule has 2 aromatic rings. The number of aryl methyl sites for hydroxylation is 3. The summed E-state index contributed by atoms with van der Waals surface area (Å²) in [5.41, 5.74) is 2.24. The van der Waals surface area contributed by atoms with E-state index in [9.17, 15) is 0 Å². The van der Waals surface area contributed by atoms with E-state index in [0.29, 0.717) is 0 Å². The van der Waals surface area contributed by atoms with E-state index in [1.165, 1.54) is 5.69 Å². The molecule has 104 valence electrons. The molecule has 1 N–H and O–H groups in total. The summed E-state index contributed by atoms with van der Waals surface area (Å²) >= 11 is 3.58. The van der Waals surface area contributed by atoms with E-state index in [4.69, 9.17) is 0 Å². The molecule has 0 amide bonds. The van der Waals surface area contributed by atoms with Crippen LogP contribution < -0.4 is 5.32 Å². The van der Waals surface area contributed by atoms with Gasteiger partial charge in [0.2, 0.25) is 0 Å². The molecule has 0 aliphatic rings. The highest BCUT2D eigenvalue weighted by molar-refractivity contribution is 9.10. The van der Waals surface area contributed by atoms with Gasteiger partial charge in [0.1, 0.15) is 0 Å². The minimum absolute atomic E-state index is 0.850. The fraction of sp³-hybridized carbons (Fsp3) is 0.538. The average molecular weight is 326 g/mol. The SMILES string of the molecule is Cc1nn(C)c(CNCCCCn2ccnc2)c1Br. The quantitative estimate of drug-likeness (QED) is 0.794. The highest BCUT2D eigenvalue weighted by Gasteiger charge is 2.09. The predicted octanol–water partition coefficient (Wildman–Crippen LogP) is 2.26. The number of nitrogens with one attached hydrogen (secondary N) is 1. The lowest BCUT2D eigenvalue weighted by Crippen LogP contribution is -2.17. The van der Waals surface area contributed by atoms with Gasteiger partial charge in [0, 0.05) is 32.5 Å². The molecule has 5 nitrogen and oxygen atoms in total. The van der Waals surface area contributed by atoms with Gasteiger partial charge in [-0.1, -0.05) is 0 Å². The van der Waals surface area contributed by atoms with Crippen molar-refractivity contribution in [2.45, 2.75) is 32.9 Å². The molecule has 0 aromatic carbocycles. The van der Waals surface area contributed by atoms with Crippen molar-refractivity contribution in [2.24, 2.45) is 7.05 Å². The molecule has 19 heavy (non-hydrogen) atoms. The third-order valence-electron chi connectivity index (χ3n) is 3.13. The van der Waals surface area contributed by atoms with Crippen molar-refractivity contribution in [2.75, 3.05) is 6.54 Å². The Morgan fingerprint density at radius 1 is 1.37 bits per heavy atom.